The number of halogens is 1. The van der Waals surface area contributed by atoms with E-state index in [0.29, 0.717) is 22.5 Å². The molecule has 2 unspecified atom stereocenters. The SMILES string of the molecule is CC(C)C(c1nc2cc(Cl)ccc2c(=O)n1Cc1ccccc1)N1CCNCCC1c1ccccc1. The second-order valence-corrected chi connectivity index (χ2v) is 10.3. The minimum Gasteiger partial charge on any atom is -0.315 e. The number of nitrogens with zero attached hydrogens (tertiary/aromatic N) is 3. The summed E-state index contributed by atoms with van der Waals surface area (Å²) in [5.41, 5.74) is 3.01. The summed E-state index contributed by atoms with van der Waals surface area (Å²) in [6.07, 6.45) is 0.996. The number of benzene rings is 3. The average Bonchev–Trinajstić information content (AvgIpc) is 3.13. The molecule has 6 heteroatoms. The lowest BCUT2D eigenvalue weighted by Crippen LogP contribution is -2.41. The number of hydrogen-bond acceptors (Lipinski definition) is 4. The maximum atomic E-state index is 13.9. The van der Waals surface area contributed by atoms with Gasteiger partial charge in [-0.25, -0.2) is 4.98 Å². The van der Waals surface area contributed by atoms with E-state index in [2.05, 4.69) is 66.5 Å². The molecule has 186 valence electrons. The second kappa shape index (κ2) is 11.0. The molecule has 0 amide bonds. The van der Waals surface area contributed by atoms with Gasteiger partial charge in [-0.3, -0.25) is 14.3 Å². The first-order valence-corrected chi connectivity index (χ1v) is 13.2. The Balaban J connectivity index is 1.71. The monoisotopic (exact) mass is 500 g/mol. The topological polar surface area (TPSA) is 50.2 Å². The van der Waals surface area contributed by atoms with Crippen LogP contribution in [0.4, 0.5) is 0 Å². The molecule has 0 aliphatic carbocycles. The van der Waals surface area contributed by atoms with Crippen molar-refractivity contribution >= 4 is 22.5 Å². The van der Waals surface area contributed by atoms with E-state index in [-0.39, 0.29) is 23.6 Å². The Morgan fingerprint density at radius 2 is 1.72 bits per heavy atom. The zero-order chi connectivity index (χ0) is 25.1. The Morgan fingerprint density at radius 3 is 2.44 bits per heavy atom. The van der Waals surface area contributed by atoms with Crippen molar-refractivity contribution in [2.45, 2.75) is 38.9 Å². The third-order valence-corrected chi connectivity index (χ3v) is 7.34. The Labute approximate surface area is 217 Å². The lowest BCUT2D eigenvalue weighted by atomic mass is 9.94. The fourth-order valence-corrected chi connectivity index (χ4v) is 5.61. The lowest BCUT2D eigenvalue weighted by Gasteiger charge is -2.39. The van der Waals surface area contributed by atoms with Gasteiger partial charge in [0.05, 0.1) is 23.5 Å². The molecule has 1 aromatic heterocycles. The molecule has 0 saturated carbocycles. The van der Waals surface area contributed by atoms with Gasteiger partial charge in [0, 0.05) is 24.2 Å². The van der Waals surface area contributed by atoms with Crippen LogP contribution in [0.1, 0.15) is 49.3 Å². The smallest absolute Gasteiger partial charge is 0.261 e. The zero-order valence-corrected chi connectivity index (χ0v) is 21.7. The van der Waals surface area contributed by atoms with Gasteiger partial charge in [-0.15, -0.1) is 0 Å². The highest BCUT2D eigenvalue weighted by atomic mass is 35.5. The Morgan fingerprint density at radius 1 is 1.00 bits per heavy atom. The third kappa shape index (κ3) is 5.10. The Kier molecular flexibility index (Phi) is 7.51. The van der Waals surface area contributed by atoms with E-state index in [9.17, 15) is 4.79 Å². The molecule has 0 spiro atoms. The molecule has 1 fully saturated rings. The van der Waals surface area contributed by atoms with Gasteiger partial charge in [0.25, 0.3) is 5.56 Å². The summed E-state index contributed by atoms with van der Waals surface area (Å²) < 4.78 is 1.89. The molecular weight excluding hydrogens is 468 g/mol. The van der Waals surface area contributed by atoms with E-state index in [1.54, 1.807) is 12.1 Å². The van der Waals surface area contributed by atoms with Gasteiger partial charge >= 0.3 is 0 Å². The molecule has 1 N–H and O–H groups in total. The predicted octanol–water partition coefficient (Wildman–Crippen LogP) is 5.83. The van der Waals surface area contributed by atoms with E-state index in [4.69, 9.17) is 16.6 Å². The first-order valence-electron chi connectivity index (χ1n) is 12.8. The maximum Gasteiger partial charge on any atom is 0.261 e. The molecule has 1 aliphatic rings. The van der Waals surface area contributed by atoms with E-state index in [1.165, 1.54) is 5.56 Å². The first kappa shape index (κ1) is 24.7. The van der Waals surface area contributed by atoms with Crippen molar-refractivity contribution in [2.24, 2.45) is 5.92 Å². The molecule has 2 heterocycles. The number of hydrogen-bond donors (Lipinski definition) is 1. The number of aromatic nitrogens is 2. The molecule has 2 atom stereocenters. The predicted molar refractivity (Wildman–Crippen MR) is 148 cm³/mol. The van der Waals surface area contributed by atoms with Gasteiger partial charge in [0.15, 0.2) is 0 Å². The lowest BCUT2D eigenvalue weighted by molar-refractivity contribution is 0.0977. The second-order valence-electron chi connectivity index (χ2n) is 9.90. The highest BCUT2D eigenvalue weighted by Gasteiger charge is 2.34. The summed E-state index contributed by atoms with van der Waals surface area (Å²) in [5, 5.41) is 4.76. The molecule has 0 radical (unpaired) electrons. The minimum atomic E-state index is -0.0464. The molecule has 5 rings (SSSR count). The molecule has 5 nitrogen and oxygen atoms in total. The molecule has 3 aromatic carbocycles. The van der Waals surface area contributed by atoms with Crippen LogP contribution < -0.4 is 10.9 Å². The van der Waals surface area contributed by atoms with Crippen LogP contribution in [0, 0.1) is 5.92 Å². The van der Waals surface area contributed by atoms with Crippen molar-refractivity contribution in [3.63, 3.8) is 0 Å². The summed E-state index contributed by atoms with van der Waals surface area (Å²) in [6, 6.07) is 26.4. The summed E-state index contributed by atoms with van der Waals surface area (Å²) >= 11 is 6.34. The van der Waals surface area contributed by atoms with E-state index in [1.807, 2.05) is 28.8 Å². The largest absolute Gasteiger partial charge is 0.315 e. The van der Waals surface area contributed by atoms with Gasteiger partial charge in [-0.2, -0.15) is 0 Å². The highest BCUT2D eigenvalue weighted by molar-refractivity contribution is 6.31. The Hall–Kier alpha value is -2.99. The summed E-state index contributed by atoms with van der Waals surface area (Å²) in [6.45, 7) is 7.66. The van der Waals surface area contributed by atoms with Crippen LogP contribution in [0.15, 0.2) is 83.7 Å². The average molecular weight is 501 g/mol. The van der Waals surface area contributed by atoms with Crippen molar-refractivity contribution in [3.8, 4) is 0 Å². The fourth-order valence-electron chi connectivity index (χ4n) is 5.45. The molecule has 0 bridgehead atoms. The fraction of sp³-hybridized carbons (Fsp3) is 0.333. The Bertz CT molecular complexity index is 1370. The van der Waals surface area contributed by atoms with Crippen LogP contribution in [0.5, 0.6) is 0 Å². The van der Waals surface area contributed by atoms with Crippen LogP contribution in [-0.4, -0.2) is 34.1 Å². The molecule has 1 saturated heterocycles. The van der Waals surface area contributed by atoms with Crippen LogP contribution >= 0.6 is 11.6 Å². The summed E-state index contributed by atoms with van der Waals surface area (Å²) in [7, 11) is 0. The van der Waals surface area contributed by atoms with Crippen LogP contribution in [0.3, 0.4) is 0 Å². The number of nitrogens with one attached hydrogen (secondary N) is 1. The van der Waals surface area contributed by atoms with Gasteiger partial charge in [0.1, 0.15) is 5.82 Å². The normalized spacial score (nSPS) is 17.8. The number of fused-ring (bicyclic) bond motifs is 1. The number of rotatable bonds is 6. The molecule has 36 heavy (non-hydrogen) atoms. The molecular formula is C30H33ClN4O. The van der Waals surface area contributed by atoms with Crippen molar-refractivity contribution in [1.82, 2.24) is 19.8 Å². The van der Waals surface area contributed by atoms with Crippen LogP contribution in [0.2, 0.25) is 5.02 Å². The first-order chi connectivity index (χ1) is 17.5. The standard InChI is InChI=1S/C30H33ClN4O/c1-21(2)28(34-18-17-32-16-15-27(34)23-11-7-4-8-12-23)29-33-26-19-24(31)13-14-25(26)30(36)35(29)20-22-9-5-3-6-10-22/h3-14,19,21,27-28,32H,15-18,20H2,1-2H3. The van der Waals surface area contributed by atoms with Gasteiger partial charge in [-0.05, 0) is 48.2 Å². The van der Waals surface area contributed by atoms with Crippen molar-refractivity contribution in [1.29, 1.82) is 0 Å². The zero-order valence-electron chi connectivity index (χ0n) is 20.9. The summed E-state index contributed by atoms with van der Waals surface area (Å²) in [4.78, 5) is 21.7. The van der Waals surface area contributed by atoms with Crippen molar-refractivity contribution in [2.75, 3.05) is 19.6 Å². The van der Waals surface area contributed by atoms with Crippen LogP contribution in [0.25, 0.3) is 10.9 Å². The van der Waals surface area contributed by atoms with E-state index >= 15 is 0 Å². The summed E-state index contributed by atoms with van der Waals surface area (Å²) in [5.74, 6) is 1.04. The van der Waals surface area contributed by atoms with Gasteiger partial charge in [-0.1, -0.05) is 86.1 Å². The van der Waals surface area contributed by atoms with Crippen LogP contribution in [-0.2, 0) is 6.54 Å². The van der Waals surface area contributed by atoms with Gasteiger partial charge in [0.2, 0.25) is 0 Å². The van der Waals surface area contributed by atoms with E-state index in [0.717, 1.165) is 37.4 Å². The third-order valence-electron chi connectivity index (χ3n) is 7.11. The quantitative estimate of drug-likeness (QED) is 0.362. The van der Waals surface area contributed by atoms with Gasteiger partial charge < -0.3 is 5.32 Å². The van der Waals surface area contributed by atoms with Crippen molar-refractivity contribution in [3.05, 3.63) is 111 Å². The molecule has 1 aliphatic heterocycles. The molecule has 4 aromatic rings. The highest BCUT2D eigenvalue weighted by Crippen LogP contribution is 2.37. The minimum absolute atomic E-state index is 0.0228. The maximum absolute atomic E-state index is 13.9. The van der Waals surface area contributed by atoms with Crippen molar-refractivity contribution < 1.29 is 0 Å². The van der Waals surface area contributed by atoms with E-state index < -0.39 is 0 Å².